The Morgan fingerprint density at radius 3 is 3.00 bits per heavy atom. The molecule has 0 aromatic heterocycles. The zero-order valence-corrected chi connectivity index (χ0v) is 9.52. The van der Waals surface area contributed by atoms with E-state index in [1.165, 1.54) is 5.56 Å². The largest absolute Gasteiger partial charge is 0.487 e. The Hall–Kier alpha value is -0.500. The van der Waals surface area contributed by atoms with Crippen molar-refractivity contribution in [2.45, 2.75) is 32.3 Å². The minimum Gasteiger partial charge on any atom is -0.487 e. The average Bonchev–Trinajstić information content (AvgIpc) is 2.42. The first-order valence-electron chi connectivity index (χ1n) is 4.60. The molecular weight excluding hydrogens is 228 g/mol. The SMILES string of the molecule is CCC1(C)Cc2ccc(Br)cc2O1. The molecule has 2 rings (SSSR count). The third kappa shape index (κ3) is 1.60. The smallest absolute Gasteiger partial charge is 0.124 e. The molecule has 1 atom stereocenters. The third-order valence-corrected chi connectivity index (χ3v) is 3.19. The summed E-state index contributed by atoms with van der Waals surface area (Å²) in [5.74, 6) is 1.04. The van der Waals surface area contributed by atoms with Gasteiger partial charge < -0.3 is 4.74 Å². The zero-order valence-electron chi connectivity index (χ0n) is 7.93. The number of rotatable bonds is 1. The van der Waals surface area contributed by atoms with E-state index in [2.05, 4.69) is 48.0 Å². The van der Waals surface area contributed by atoms with E-state index in [1.807, 2.05) is 0 Å². The Labute approximate surface area is 87.2 Å². The van der Waals surface area contributed by atoms with Crippen LogP contribution in [-0.2, 0) is 6.42 Å². The second kappa shape index (κ2) is 3.02. The molecule has 13 heavy (non-hydrogen) atoms. The molecule has 0 saturated heterocycles. The summed E-state index contributed by atoms with van der Waals surface area (Å²) in [6.45, 7) is 4.34. The maximum absolute atomic E-state index is 5.89. The summed E-state index contributed by atoms with van der Waals surface area (Å²) in [7, 11) is 0. The summed E-state index contributed by atoms with van der Waals surface area (Å²) in [6, 6.07) is 6.26. The van der Waals surface area contributed by atoms with Crippen molar-refractivity contribution in [1.82, 2.24) is 0 Å². The lowest BCUT2D eigenvalue weighted by molar-refractivity contribution is 0.112. The number of fused-ring (bicyclic) bond motifs is 1. The highest BCUT2D eigenvalue weighted by molar-refractivity contribution is 9.10. The molecule has 0 amide bonds. The van der Waals surface area contributed by atoms with E-state index in [0.717, 1.165) is 23.1 Å². The summed E-state index contributed by atoms with van der Waals surface area (Å²) < 4.78 is 6.98. The van der Waals surface area contributed by atoms with Crippen molar-refractivity contribution in [3.63, 3.8) is 0 Å². The highest BCUT2D eigenvalue weighted by atomic mass is 79.9. The Balaban J connectivity index is 2.35. The molecule has 1 unspecified atom stereocenters. The van der Waals surface area contributed by atoms with Gasteiger partial charge in [0.1, 0.15) is 11.4 Å². The number of hydrogen-bond acceptors (Lipinski definition) is 1. The molecule has 1 heterocycles. The standard InChI is InChI=1S/C11H13BrO/c1-3-11(2)7-8-4-5-9(12)6-10(8)13-11/h4-6H,3,7H2,1-2H3. The first-order valence-corrected chi connectivity index (χ1v) is 5.40. The molecule has 0 fully saturated rings. The topological polar surface area (TPSA) is 9.23 Å². The molecule has 1 aromatic rings. The van der Waals surface area contributed by atoms with Crippen molar-refractivity contribution in [2.24, 2.45) is 0 Å². The number of benzene rings is 1. The molecule has 0 saturated carbocycles. The van der Waals surface area contributed by atoms with Crippen LogP contribution in [0.4, 0.5) is 0 Å². The van der Waals surface area contributed by atoms with Crippen LogP contribution in [0.2, 0.25) is 0 Å². The molecule has 0 N–H and O–H groups in total. The van der Waals surface area contributed by atoms with Crippen molar-refractivity contribution in [1.29, 1.82) is 0 Å². The Morgan fingerprint density at radius 2 is 2.31 bits per heavy atom. The molecule has 2 heteroatoms. The van der Waals surface area contributed by atoms with Crippen LogP contribution in [0.5, 0.6) is 5.75 Å². The lowest BCUT2D eigenvalue weighted by Gasteiger charge is -2.21. The molecular formula is C11H13BrO. The first-order chi connectivity index (χ1) is 6.13. The lowest BCUT2D eigenvalue weighted by atomic mass is 9.97. The maximum atomic E-state index is 5.89. The van der Waals surface area contributed by atoms with Gasteiger partial charge in [0.25, 0.3) is 0 Å². The van der Waals surface area contributed by atoms with Crippen LogP contribution in [0.3, 0.4) is 0 Å². The van der Waals surface area contributed by atoms with Gasteiger partial charge in [0.15, 0.2) is 0 Å². The molecule has 0 aliphatic carbocycles. The average molecular weight is 241 g/mol. The minimum absolute atomic E-state index is 0.0170. The molecule has 1 aliphatic rings. The van der Waals surface area contributed by atoms with E-state index in [4.69, 9.17) is 4.74 Å². The molecule has 70 valence electrons. The summed E-state index contributed by atoms with van der Waals surface area (Å²) in [4.78, 5) is 0. The van der Waals surface area contributed by atoms with E-state index >= 15 is 0 Å². The van der Waals surface area contributed by atoms with Gasteiger partial charge in [-0.25, -0.2) is 0 Å². The van der Waals surface area contributed by atoms with Gasteiger partial charge in [-0.05, 0) is 31.0 Å². The fraction of sp³-hybridized carbons (Fsp3) is 0.455. The Kier molecular flexibility index (Phi) is 2.11. The molecule has 0 radical (unpaired) electrons. The highest BCUT2D eigenvalue weighted by Crippen LogP contribution is 2.38. The second-order valence-corrected chi connectivity index (χ2v) is 4.75. The van der Waals surface area contributed by atoms with Crippen molar-refractivity contribution in [2.75, 3.05) is 0 Å². The van der Waals surface area contributed by atoms with Gasteiger partial charge in [-0.3, -0.25) is 0 Å². The highest BCUT2D eigenvalue weighted by Gasteiger charge is 2.32. The summed E-state index contributed by atoms with van der Waals surface area (Å²) in [5.41, 5.74) is 1.34. The van der Waals surface area contributed by atoms with Gasteiger partial charge in [-0.1, -0.05) is 28.9 Å². The van der Waals surface area contributed by atoms with E-state index in [-0.39, 0.29) is 5.60 Å². The van der Waals surface area contributed by atoms with Crippen LogP contribution in [0.25, 0.3) is 0 Å². The summed E-state index contributed by atoms with van der Waals surface area (Å²) in [6.07, 6.45) is 2.09. The predicted octanol–water partition coefficient (Wildman–Crippen LogP) is 3.55. The van der Waals surface area contributed by atoms with Crippen molar-refractivity contribution in [3.8, 4) is 5.75 Å². The third-order valence-electron chi connectivity index (χ3n) is 2.70. The molecule has 0 spiro atoms. The summed E-state index contributed by atoms with van der Waals surface area (Å²) in [5, 5.41) is 0. The van der Waals surface area contributed by atoms with Gasteiger partial charge in [0.2, 0.25) is 0 Å². The maximum Gasteiger partial charge on any atom is 0.124 e. The van der Waals surface area contributed by atoms with Crippen molar-refractivity contribution in [3.05, 3.63) is 28.2 Å². The van der Waals surface area contributed by atoms with E-state index in [1.54, 1.807) is 0 Å². The van der Waals surface area contributed by atoms with Crippen LogP contribution < -0.4 is 4.74 Å². The van der Waals surface area contributed by atoms with Gasteiger partial charge in [0.05, 0.1) is 0 Å². The van der Waals surface area contributed by atoms with E-state index in [9.17, 15) is 0 Å². The number of halogens is 1. The van der Waals surface area contributed by atoms with Crippen LogP contribution in [0.15, 0.2) is 22.7 Å². The number of hydrogen-bond donors (Lipinski definition) is 0. The second-order valence-electron chi connectivity index (χ2n) is 3.83. The van der Waals surface area contributed by atoms with Gasteiger partial charge in [0, 0.05) is 10.9 Å². The normalized spacial score (nSPS) is 25.5. The van der Waals surface area contributed by atoms with Crippen LogP contribution in [0, 0.1) is 0 Å². The fourth-order valence-electron chi connectivity index (χ4n) is 1.67. The van der Waals surface area contributed by atoms with Crippen LogP contribution in [-0.4, -0.2) is 5.60 Å². The first kappa shape index (κ1) is 9.07. The monoisotopic (exact) mass is 240 g/mol. The molecule has 1 aliphatic heterocycles. The van der Waals surface area contributed by atoms with Crippen LogP contribution >= 0.6 is 15.9 Å². The van der Waals surface area contributed by atoms with Gasteiger partial charge in [-0.15, -0.1) is 0 Å². The van der Waals surface area contributed by atoms with Crippen molar-refractivity contribution >= 4 is 15.9 Å². The molecule has 1 nitrogen and oxygen atoms in total. The van der Waals surface area contributed by atoms with Gasteiger partial charge in [-0.2, -0.15) is 0 Å². The fourth-order valence-corrected chi connectivity index (χ4v) is 2.01. The summed E-state index contributed by atoms with van der Waals surface area (Å²) >= 11 is 3.44. The Morgan fingerprint density at radius 1 is 1.54 bits per heavy atom. The quantitative estimate of drug-likeness (QED) is 0.730. The molecule has 0 bridgehead atoms. The number of ether oxygens (including phenoxy) is 1. The molecule has 1 aromatic carbocycles. The van der Waals surface area contributed by atoms with E-state index in [0.29, 0.717) is 0 Å². The lowest BCUT2D eigenvalue weighted by Crippen LogP contribution is -2.28. The van der Waals surface area contributed by atoms with Crippen LogP contribution in [0.1, 0.15) is 25.8 Å². The van der Waals surface area contributed by atoms with Crippen molar-refractivity contribution < 1.29 is 4.74 Å². The minimum atomic E-state index is 0.0170. The Bertz CT molecular complexity index is 335. The van der Waals surface area contributed by atoms with E-state index < -0.39 is 0 Å². The van der Waals surface area contributed by atoms with Gasteiger partial charge >= 0.3 is 0 Å². The predicted molar refractivity (Wildman–Crippen MR) is 57.2 cm³/mol. The zero-order chi connectivity index (χ0) is 9.47.